The van der Waals surface area contributed by atoms with E-state index in [0.29, 0.717) is 11.4 Å². The molecule has 0 amide bonds. The summed E-state index contributed by atoms with van der Waals surface area (Å²) in [5.41, 5.74) is 2.85. The molecular weight excluding hydrogens is 322 g/mol. The molecule has 2 aromatic rings. The molecule has 20 heavy (non-hydrogen) atoms. The first-order valence-corrected chi connectivity index (χ1v) is 6.80. The van der Waals surface area contributed by atoms with Crippen LogP contribution >= 0.6 is 15.9 Å². The van der Waals surface area contributed by atoms with Crippen LogP contribution in [0.25, 0.3) is 0 Å². The number of nitrogens with zero attached hydrogens (tertiary/aromatic N) is 1. The minimum Gasteiger partial charge on any atom is -0.382 e. The number of nitro groups is 1. The van der Waals surface area contributed by atoms with Gasteiger partial charge in [-0.1, -0.05) is 12.1 Å². The molecule has 0 spiro atoms. The van der Waals surface area contributed by atoms with Gasteiger partial charge in [-0.25, -0.2) is 0 Å². The highest BCUT2D eigenvalue weighted by molar-refractivity contribution is 9.10. The van der Waals surface area contributed by atoms with Crippen LogP contribution in [-0.4, -0.2) is 12.0 Å². The smallest absolute Gasteiger partial charge is 0.315 e. The zero-order valence-corrected chi connectivity index (χ0v) is 12.7. The lowest BCUT2D eigenvalue weighted by atomic mass is 10.2. The van der Waals surface area contributed by atoms with Gasteiger partial charge in [-0.2, -0.15) is 0 Å². The number of aryl methyl sites for hydroxylation is 1. The summed E-state index contributed by atoms with van der Waals surface area (Å²) in [4.78, 5) is 10.9. The Morgan fingerprint density at radius 1 is 1.15 bits per heavy atom. The summed E-state index contributed by atoms with van der Waals surface area (Å²) in [6.45, 7) is 1.98. The number of halogens is 1. The summed E-state index contributed by atoms with van der Waals surface area (Å²) in [7, 11) is 1.66. The largest absolute Gasteiger partial charge is 0.382 e. The number of hydrogen-bond donors (Lipinski definition) is 2. The van der Waals surface area contributed by atoms with Crippen LogP contribution in [0.3, 0.4) is 0 Å². The fraction of sp³-hybridized carbons (Fsp3) is 0.143. The molecule has 6 heteroatoms. The molecule has 0 radical (unpaired) electrons. The fourth-order valence-electron chi connectivity index (χ4n) is 1.91. The molecule has 0 fully saturated rings. The summed E-state index contributed by atoms with van der Waals surface area (Å²) < 4.78 is 0.863. The Bertz CT molecular complexity index is 659. The van der Waals surface area contributed by atoms with E-state index in [4.69, 9.17) is 0 Å². The van der Waals surface area contributed by atoms with Crippen LogP contribution in [0, 0.1) is 17.0 Å². The molecule has 2 rings (SSSR count). The molecule has 0 saturated carbocycles. The van der Waals surface area contributed by atoms with E-state index >= 15 is 0 Å². The van der Waals surface area contributed by atoms with Gasteiger partial charge in [-0.15, -0.1) is 0 Å². The van der Waals surface area contributed by atoms with Gasteiger partial charge in [0.15, 0.2) is 0 Å². The van der Waals surface area contributed by atoms with E-state index in [0.717, 1.165) is 15.7 Å². The lowest BCUT2D eigenvalue weighted by Gasteiger charge is -2.11. The number of para-hydroxylation sites is 1. The van der Waals surface area contributed by atoms with Crippen LogP contribution in [0.5, 0.6) is 0 Å². The van der Waals surface area contributed by atoms with Crippen molar-refractivity contribution in [3.05, 3.63) is 56.5 Å². The monoisotopic (exact) mass is 335 g/mol. The second kappa shape index (κ2) is 5.92. The third-order valence-corrected chi connectivity index (χ3v) is 3.54. The highest BCUT2D eigenvalue weighted by Gasteiger charge is 2.19. The zero-order valence-electron chi connectivity index (χ0n) is 11.1. The maximum atomic E-state index is 11.2. The van der Waals surface area contributed by atoms with Crippen LogP contribution in [0.2, 0.25) is 0 Å². The molecule has 2 N–H and O–H groups in total. The number of rotatable bonds is 4. The van der Waals surface area contributed by atoms with Gasteiger partial charge in [0.25, 0.3) is 0 Å². The topological polar surface area (TPSA) is 67.2 Å². The van der Waals surface area contributed by atoms with Crippen molar-refractivity contribution in [1.29, 1.82) is 0 Å². The van der Waals surface area contributed by atoms with Crippen molar-refractivity contribution in [2.75, 3.05) is 17.7 Å². The standard InChI is InChI=1S/C14H14BrN3O2/c1-9-6-7-11(10(15)8-9)17-13-5-3-4-12(16-2)14(13)18(19)20/h3-8,16-17H,1-2H3. The number of benzene rings is 2. The molecule has 0 unspecified atom stereocenters. The number of hydrogen-bond acceptors (Lipinski definition) is 4. The van der Waals surface area contributed by atoms with E-state index in [1.807, 2.05) is 25.1 Å². The fourth-order valence-corrected chi connectivity index (χ4v) is 2.50. The van der Waals surface area contributed by atoms with Crippen molar-refractivity contribution in [2.45, 2.75) is 6.92 Å². The first-order chi connectivity index (χ1) is 9.52. The molecular formula is C14H14BrN3O2. The molecule has 0 bridgehead atoms. The van der Waals surface area contributed by atoms with Gasteiger partial charge in [0.2, 0.25) is 0 Å². The molecule has 0 heterocycles. The number of anilines is 3. The maximum Gasteiger partial charge on any atom is 0.315 e. The predicted octanol–water partition coefficient (Wildman–Crippen LogP) is 4.45. The van der Waals surface area contributed by atoms with E-state index in [1.165, 1.54) is 0 Å². The molecule has 0 saturated heterocycles. The third-order valence-electron chi connectivity index (χ3n) is 2.88. The van der Waals surface area contributed by atoms with Gasteiger partial charge in [0.1, 0.15) is 11.4 Å². The summed E-state index contributed by atoms with van der Waals surface area (Å²) in [5, 5.41) is 17.2. The average molecular weight is 336 g/mol. The molecule has 0 atom stereocenters. The Balaban J connectivity index is 2.45. The van der Waals surface area contributed by atoms with E-state index < -0.39 is 4.92 Å². The lowest BCUT2D eigenvalue weighted by molar-refractivity contribution is -0.383. The van der Waals surface area contributed by atoms with Crippen LogP contribution in [-0.2, 0) is 0 Å². The normalized spacial score (nSPS) is 10.2. The van der Waals surface area contributed by atoms with Crippen LogP contribution in [0.4, 0.5) is 22.7 Å². The molecule has 0 aliphatic carbocycles. The molecule has 5 nitrogen and oxygen atoms in total. The second-order valence-electron chi connectivity index (χ2n) is 4.32. The molecule has 0 aromatic heterocycles. The number of nitrogens with one attached hydrogen (secondary N) is 2. The quantitative estimate of drug-likeness (QED) is 0.639. The highest BCUT2D eigenvalue weighted by atomic mass is 79.9. The first-order valence-electron chi connectivity index (χ1n) is 6.01. The summed E-state index contributed by atoms with van der Waals surface area (Å²) >= 11 is 3.45. The van der Waals surface area contributed by atoms with Gasteiger partial charge in [-0.3, -0.25) is 10.1 Å². The lowest BCUT2D eigenvalue weighted by Crippen LogP contribution is -2.01. The Morgan fingerprint density at radius 3 is 2.45 bits per heavy atom. The maximum absolute atomic E-state index is 11.2. The van der Waals surface area contributed by atoms with Gasteiger partial charge in [0.05, 0.1) is 10.6 Å². The first kappa shape index (κ1) is 14.3. The third kappa shape index (κ3) is 2.91. The van der Waals surface area contributed by atoms with Crippen molar-refractivity contribution < 1.29 is 4.92 Å². The van der Waals surface area contributed by atoms with Gasteiger partial charge in [0, 0.05) is 11.5 Å². The van der Waals surface area contributed by atoms with Crippen LogP contribution in [0.1, 0.15) is 5.56 Å². The Morgan fingerprint density at radius 2 is 1.85 bits per heavy atom. The van der Waals surface area contributed by atoms with E-state index in [1.54, 1.807) is 25.2 Å². The summed E-state index contributed by atoms with van der Waals surface area (Å²) in [5.74, 6) is 0. The van der Waals surface area contributed by atoms with E-state index in [-0.39, 0.29) is 5.69 Å². The van der Waals surface area contributed by atoms with Gasteiger partial charge in [-0.05, 0) is 52.7 Å². The van der Waals surface area contributed by atoms with Crippen molar-refractivity contribution in [1.82, 2.24) is 0 Å². The van der Waals surface area contributed by atoms with Crippen LogP contribution in [0.15, 0.2) is 40.9 Å². The summed E-state index contributed by atoms with van der Waals surface area (Å²) in [6.07, 6.45) is 0. The van der Waals surface area contributed by atoms with E-state index in [2.05, 4.69) is 26.6 Å². The van der Waals surface area contributed by atoms with Crippen molar-refractivity contribution in [3.8, 4) is 0 Å². The van der Waals surface area contributed by atoms with E-state index in [9.17, 15) is 10.1 Å². The molecule has 104 valence electrons. The second-order valence-corrected chi connectivity index (χ2v) is 5.17. The minimum absolute atomic E-state index is 0.0301. The Hall–Kier alpha value is -2.08. The Kier molecular flexibility index (Phi) is 4.24. The zero-order chi connectivity index (χ0) is 14.7. The van der Waals surface area contributed by atoms with Gasteiger partial charge >= 0.3 is 5.69 Å². The van der Waals surface area contributed by atoms with Crippen molar-refractivity contribution >= 4 is 38.7 Å². The molecule has 0 aliphatic rings. The molecule has 0 aliphatic heterocycles. The van der Waals surface area contributed by atoms with Crippen molar-refractivity contribution in [3.63, 3.8) is 0 Å². The average Bonchev–Trinajstić information content (AvgIpc) is 2.41. The van der Waals surface area contributed by atoms with Crippen molar-refractivity contribution in [2.24, 2.45) is 0 Å². The Labute approximate surface area is 125 Å². The number of nitro benzene ring substituents is 1. The SMILES string of the molecule is CNc1cccc(Nc2ccc(C)cc2Br)c1[N+](=O)[O-]. The predicted molar refractivity (Wildman–Crippen MR) is 84.8 cm³/mol. The highest BCUT2D eigenvalue weighted by Crippen LogP contribution is 2.36. The van der Waals surface area contributed by atoms with Crippen LogP contribution < -0.4 is 10.6 Å². The molecule has 2 aromatic carbocycles. The summed E-state index contributed by atoms with van der Waals surface area (Å²) in [6, 6.07) is 10.9. The van der Waals surface area contributed by atoms with Gasteiger partial charge < -0.3 is 10.6 Å². The minimum atomic E-state index is -0.393.